The van der Waals surface area contributed by atoms with Crippen molar-refractivity contribution in [3.8, 4) is 27.6 Å². The molecule has 4 aromatic carbocycles. The fourth-order valence-corrected chi connectivity index (χ4v) is 11.5. The number of rotatable bonds is 8. The first-order valence-electron chi connectivity index (χ1n) is 16.3. The van der Waals surface area contributed by atoms with Gasteiger partial charge in [-0.15, -0.1) is 11.3 Å². The van der Waals surface area contributed by atoms with E-state index in [-0.39, 0.29) is 11.4 Å². The number of nitrogens with zero attached hydrogens (tertiary/aromatic N) is 3. The number of imidazole rings is 1. The highest BCUT2D eigenvalue weighted by atomic mass is 32.1. The molecule has 0 fully saturated rings. The molecule has 0 bridgehead atoms. The molecular formula is C40H40N4O2SSi. The Morgan fingerprint density at radius 1 is 0.875 bits per heavy atom. The zero-order chi connectivity index (χ0) is 33.5. The van der Waals surface area contributed by atoms with E-state index in [9.17, 15) is 4.79 Å². The van der Waals surface area contributed by atoms with Crippen LogP contribution >= 0.6 is 11.3 Å². The Balaban J connectivity index is 1.47. The summed E-state index contributed by atoms with van der Waals surface area (Å²) in [5.74, 6) is 1.19. The van der Waals surface area contributed by atoms with Gasteiger partial charge in [0.1, 0.15) is 11.4 Å². The van der Waals surface area contributed by atoms with Crippen molar-refractivity contribution in [3.63, 3.8) is 0 Å². The van der Waals surface area contributed by atoms with Crippen LogP contribution in [0.3, 0.4) is 0 Å². The van der Waals surface area contributed by atoms with Crippen molar-refractivity contribution < 1.29 is 9.53 Å². The molecule has 0 saturated carbocycles. The van der Waals surface area contributed by atoms with E-state index < -0.39 is 8.24 Å². The van der Waals surface area contributed by atoms with E-state index >= 15 is 0 Å². The van der Waals surface area contributed by atoms with Gasteiger partial charge in [-0.25, -0.2) is 4.98 Å². The number of fused-ring (bicyclic) bond motifs is 3. The summed E-state index contributed by atoms with van der Waals surface area (Å²) in [7, 11) is 0.728. The highest BCUT2D eigenvalue weighted by Gasteiger charge is 2.41. The lowest BCUT2D eigenvalue weighted by atomic mass is 9.95. The molecule has 1 N–H and O–H groups in total. The zero-order valence-electron chi connectivity index (χ0n) is 28.0. The molecule has 1 amide bonds. The Morgan fingerprint density at radius 3 is 1.96 bits per heavy atom. The van der Waals surface area contributed by atoms with Crippen molar-refractivity contribution in [2.24, 2.45) is 0 Å². The third-order valence-corrected chi connectivity index (χ3v) is 14.6. The van der Waals surface area contributed by atoms with Gasteiger partial charge in [-0.05, 0) is 71.9 Å². The largest absolute Gasteiger partial charge is 0.495 e. The maximum atomic E-state index is 14.0. The molecule has 0 aliphatic carbocycles. The number of nitrogens with one attached hydrogen (secondary N) is 1. The summed E-state index contributed by atoms with van der Waals surface area (Å²) in [5.41, 5.74) is 4.62. The summed E-state index contributed by atoms with van der Waals surface area (Å²) in [6.45, 7) is 6.81. The van der Waals surface area contributed by atoms with Crippen molar-refractivity contribution in [2.45, 2.75) is 39.3 Å². The quantitative estimate of drug-likeness (QED) is 0.143. The Morgan fingerprint density at radius 2 is 1.46 bits per heavy atom. The fraction of sp³-hybridized carbons (Fsp3) is 0.200. The van der Waals surface area contributed by atoms with Crippen LogP contribution in [0.25, 0.3) is 21.8 Å². The predicted octanol–water partition coefficient (Wildman–Crippen LogP) is 6.79. The Labute approximate surface area is 287 Å². The topological polar surface area (TPSA) is 59.4 Å². The molecule has 7 rings (SSSR count). The van der Waals surface area contributed by atoms with Gasteiger partial charge in [0.15, 0.2) is 5.82 Å². The first-order chi connectivity index (χ1) is 23.2. The summed E-state index contributed by atoms with van der Waals surface area (Å²) in [4.78, 5) is 26.1. The number of anilines is 1. The number of amides is 1. The molecule has 1 aliphatic rings. The molecule has 1 aliphatic heterocycles. The van der Waals surface area contributed by atoms with Crippen molar-refractivity contribution in [1.82, 2.24) is 14.5 Å². The average Bonchev–Trinajstić information content (AvgIpc) is 3.79. The van der Waals surface area contributed by atoms with E-state index in [2.05, 4.69) is 124 Å². The number of aromatic nitrogens is 2. The lowest BCUT2D eigenvalue weighted by molar-refractivity contribution is 0.0638. The van der Waals surface area contributed by atoms with E-state index in [0.717, 1.165) is 39.7 Å². The minimum Gasteiger partial charge on any atom is -0.495 e. The van der Waals surface area contributed by atoms with Gasteiger partial charge in [-0.2, -0.15) is 0 Å². The Kier molecular flexibility index (Phi) is 8.31. The first-order valence-corrected chi connectivity index (χ1v) is 19.2. The molecule has 8 heteroatoms. The molecule has 0 atom stereocenters. The summed E-state index contributed by atoms with van der Waals surface area (Å²) in [6, 6.07) is 40.9. The van der Waals surface area contributed by atoms with Gasteiger partial charge in [0.05, 0.1) is 23.4 Å². The molecule has 0 saturated heterocycles. The molecule has 242 valence electrons. The van der Waals surface area contributed by atoms with E-state index in [1.165, 1.54) is 21.1 Å². The van der Waals surface area contributed by atoms with Gasteiger partial charge >= 0.3 is 0 Å². The average molecular weight is 669 g/mol. The first kappa shape index (κ1) is 31.7. The fourth-order valence-electron chi connectivity index (χ4n) is 6.68. The van der Waals surface area contributed by atoms with Gasteiger partial charge in [0, 0.05) is 24.7 Å². The number of hydrogen-bond acceptors (Lipinski definition) is 5. The summed E-state index contributed by atoms with van der Waals surface area (Å²) >= 11 is 1.64. The van der Waals surface area contributed by atoms with Crippen LogP contribution in [0.4, 0.5) is 5.69 Å². The highest BCUT2D eigenvalue weighted by Crippen LogP contribution is 2.44. The van der Waals surface area contributed by atoms with Gasteiger partial charge in [-0.1, -0.05) is 97.1 Å². The molecule has 0 spiro atoms. The molecule has 48 heavy (non-hydrogen) atoms. The van der Waals surface area contributed by atoms with Crippen LogP contribution in [0, 0.1) is 0 Å². The number of methoxy groups -OCH3 is 1. The molecule has 2 aromatic heterocycles. The van der Waals surface area contributed by atoms with Crippen LogP contribution < -0.4 is 25.3 Å². The lowest BCUT2D eigenvalue weighted by Crippen LogP contribution is -2.72. The molecule has 0 unspecified atom stereocenters. The number of hydrogen-bond donors (Lipinski definition) is 1. The van der Waals surface area contributed by atoms with Gasteiger partial charge in [0.2, 0.25) is 0 Å². The van der Waals surface area contributed by atoms with Gasteiger partial charge in [-0.3, -0.25) is 4.79 Å². The van der Waals surface area contributed by atoms with E-state index in [0.29, 0.717) is 12.4 Å². The number of thiophene rings is 1. The number of carbonyl (C=O) groups excluding carboxylic acids is 1. The number of carbonyl (C=O) groups is 1. The van der Waals surface area contributed by atoms with Crippen molar-refractivity contribution >= 4 is 46.7 Å². The molecule has 6 aromatic rings. The van der Waals surface area contributed by atoms with Crippen LogP contribution in [0.5, 0.6) is 5.75 Å². The summed E-state index contributed by atoms with van der Waals surface area (Å²) < 4.78 is 8.28. The smallest absolute Gasteiger partial charge is 0.290 e. The zero-order valence-corrected chi connectivity index (χ0v) is 29.8. The summed E-state index contributed by atoms with van der Waals surface area (Å²) in [6.07, 6.45) is 0.761. The van der Waals surface area contributed by atoms with Crippen molar-refractivity contribution in [3.05, 3.63) is 132 Å². The van der Waals surface area contributed by atoms with Crippen molar-refractivity contribution in [2.75, 3.05) is 19.1 Å². The monoisotopic (exact) mass is 668 g/mol. The van der Waals surface area contributed by atoms with Crippen LogP contribution in [-0.4, -0.2) is 48.3 Å². The number of ether oxygens (including phenoxy) is 1. The van der Waals surface area contributed by atoms with Crippen LogP contribution in [0.15, 0.2) is 121 Å². The molecule has 6 nitrogen and oxygen atoms in total. The third kappa shape index (κ3) is 5.44. The lowest BCUT2D eigenvalue weighted by Gasteiger charge is -2.36. The molecule has 0 radical (unpaired) electrons. The van der Waals surface area contributed by atoms with E-state index in [1.54, 1.807) is 23.3 Å². The third-order valence-electron chi connectivity index (χ3n) is 9.45. The Hall–Kier alpha value is -4.92. The second-order valence-corrected chi connectivity index (χ2v) is 17.7. The molecule has 3 heterocycles. The Bertz CT molecular complexity index is 1960. The highest BCUT2D eigenvalue weighted by molar-refractivity contribution is 7.14. The van der Waals surface area contributed by atoms with Gasteiger partial charge in [0.25, 0.3) is 14.1 Å². The minimum atomic E-state index is -2.88. The van der Waals surface area contributed by atoms with E-state index in [4.69, 9.17) is 9.72 Å². The second-order valence-electron chi connectivity index (χ2n) is 13.2. The van der Waals surface area contributed by atoms with E-state index in [1.807, 2.05) is 33.9 Å². The molecular weight excluding hydrogens is 629 g/mol. The van der Waals surface area contributed by atoms with Crippen molar-refractivity contribution in [1.29, 1.82) is 0 Å². The van der Waals surface area contributed by atoms with Crippen LogP contribution in [0.1, 0.15) is 37.0 Å². The SMILES string of the molecule is COc1cc2c(cc1N[Si](c1ccccc1)(c1ccccc1)c1ccccc1)-c1c(-c3cccs3)nc(C(=O)N(C)C(C)(C)C)n1CC2. The van der Waals surface area contributed by atoms with Crippen LogP contribution in [0.2, 0.25) is 0 Å². The van der Waals surface area contributed by atoms with Crippen LogP contribution in [-0.2, 0) is 13.0 Å². The normalized spacial score (nSPS) is 12.6. The maximum absolute atomic E-state index is 14.0. The second kappa shape index (κ2) is 12.6. The maximum Gasteiger partial charge on any atom is 0.290 e. The minimum absolute atomic E-state index is 0.0782. The summed E-state index contributed by atoms with van der Waals surface area (Å²) in [5, 5.41) is 5.78. The van der Waals surface area contributed by atoms with Gasteiger partial charge < -0.3 is 19.2 Å². The standard InChI is InChI=1S/C40H40N4O2SSi/c1-40(2,3)43(4)39(45)38-41-36(35-22-15-25-47-35)37-32-27-33(34(46-5)26-28(32)23-24-44(37)38)42-48(29-16-9-6-10-17-29,30-18-11-7-12-19-30)31-20-13-8-14-21-31/h6-22,25-27,42H,23-24H2,1-5H3. The number of benzene rings is 4. The predicted molar refractivity (Wildman–Crippen MR) is 201 cm³/mol. The number of aryl methyl sites for hydroxylation is 1.